The van der Waals surface area contributed by atoms with Crippen molar-refractivity contribution >= 4 is 40.6 Å². The number of carboxylic acid groups (broad SMARTS) is 1. The number of aliphatic carboxylic acids is 1. The summed E-state index contributed by atoms with van der Waals surface area (Å²) in [6.45, 7) is 0. The van der Waals surface area contributed by atoms with E-state index in [-0.39, 0.29) is 28.9 Å². The third-order valence-corrected chi connectivity index (χ3v) is 4.60. The van der Waals surface area contributed by atoms with E-state index in [0.29, 0.717) is 16.4 Å². The topological polar surface area (TPSA) is 99.4 Å². The smallest absolute Gasteiger partial charge is 0.313 e. The number of amides is 1. The molecule has 8 heteroatoms. The minimum atomic E-state index is -0.996. The fraction of sp³-hybridized carbons (Fsp3) is 0.105. The fourth-order valence-corrected chi connectivity index (χ4v) is 3.20. The summed E-state index contributed by atoms with van der Waals surface area (Å²) < 4.78 is 5.07. The summed E-state index contributed by atoms with van der Waals surface area (Å²) in [5.74, 6) is -1.30. The molecule has 0 unspecified atom stereocenters. The summed E-state index contributed by atoms with van der Waals surface area (Å²) in [5.41, 5.74) is 1.39. The molecule has 0 saturated heterocycles. The number of carboxylic acids is 1. The number of para-hydroxylation sites is 1. The van der Waals surface area contributed by atoms with Gasteiger partial charge in [-0.05, 0) is 35.9 Å². The number of ether oxygens (including phenoxy) is 1. The summed E-state index contributed by atoms with van der Waals surface area (Å²) in [4.78, 5) is 29.5. The summed E-state index contributed by atoms with van der Waals surface area (Å²) in [7, 11) is 1.43. The Balaban J connectivity index is 1.98. The number of nitrogens with zero attached hydrogens (tertiary/aromatic N) is 2. The number of methoxy groups -OCH3 is 1. The monoisotopic (exact) mass is 384 g/mol. The Labute approximate surface area is 159 Å². The van der Waals surface area contributed by atoms with Crippen molar-refractivity contribution in [2.75, 3.05) is 17.8 Å². The molecule has 2 N–H and O–H groups in total. The van der Waals surface area contributed by atoms with Crippen LogP contribution in [0, 0.1) is 0 Å². The predicted octanol–water partition coefficient (Wildman–Crippen LogP) is 2.96. The quantitative estimate of drug-likeness (QED) is 0.769. The normalized spacial score (nSPS) is 15.1. The third-order valence-electron chi connectivity index (χ3n) is 3.68. The van der Waals surface area contributed by atoms with Crippen LogP contribution in [0.2, 0.25) is 0 Å². The van der Waals surface area contributed by atoms with Gasteiger partial charge in [0, 0.05) is 0 Å². The Bertz CT molecular complexity index is 940. The second-order valence-corrected chi connectivity index (χ2v) is 6.46. The van der Waals surface area contributed by atoms with Gasteiger partial charge in [-0.3, -0.25) is 14.5 Å². The summed E-state index contributed by atoms with van der Waals surface area (Å²) in [6, 6.07) is 13.6. The minimum Gasteiger partial charge on any atom is -0.504 e. The molecule has 0 fully saturated rings. The maximum absolute atomic E-state index is 12.9. The molecule has 138 valence electrons. The Morgan fingerprint density at radius 3 is 2.67 bits per heavy atom. The van der Waals surface area contributed by atoms with E-state index in [2.05, 4.69) is 4.99 Å². The molecule has 3 rings (SSSR count). The highest BCUT2D eigenvalue weighted by molar-refractivity contribution is 8.14. The van der Waals surface area contributed by atoms with Crippen LogP contribution >= 0.6 is 11.8 Å². The predicted molar refractivity (Wildman–Crippen MR) is 104 cm³/mol. The van der Waals surface area contributed by atoms with Gasteiger partial charge < -0.3 is 14.9 Å². The molecule has 0 atom stereocenters. The molecule has 2 aromatic rings. The SMILES string of the molecule is COc1cc(/C=C2/N=C(SCC(=O)O)N(c3ccccc3)C2=O)ccc1O. The van der Waals surface area contributed by atoms with Gasteiger partial charge in [-0.15, -0.1) is 0 Å². The molecule has 1 aliphatic rings. The molecule has 0 saturated carbocycles. The van der Waals surface area contributed by atoms with Crippen molar-refractivity contribution in [3.05, 3.63) is 59.8 Å². The molecule has 0 bridgehead atoms. The van der Waals surface area contributed by atoms with Crippen molar-refractivity contribution in [3.8, 4) is 11.5 Å². The van der Waals surface area contributed by atoms with Crippen LogP contribution < -0.4 is 9.64 Å². The Kier molecular flexibility index (Phi) is 5.46. The van der Waals surface area contributed by atoms with E-state index in [4.69, 9.17) is 9.84 Å². The first-order chi connectivity index (χ1) is 13.0. The zero-order valence-corrected chi connectivity index (χ0v) is 15.1. The number of hydrogen-bond acceptors (Lipinski definition) is 6. The highest BCUT2D eigenvalue weighted by Crippen LogP contribution is 2.31. The van der Waals surface area contributed by atoms with Crippen molar-refractivity contribution in [2.24, 2.45) is 4.99 Å². The zero-order chi connectivity index (χ0) is 19.4. The largest absolute Gasteiger partial charge is 0.504 e. The number of anilines is 1. The van der Waals surface area contributed by atoms with Crippen molar-refractivity contribution in [2.45, 2.75) is 0 Å². The highest BCUT2D eigenvalue weighted by atomic mass is 32.2. The summed E-state index contributed by atoms with van der Waals surface area (Å²) in [6.07, 6.45) is 1.56. The zero-order valence-electron chi connectivity index (χ0n) is 14.3. The van der Waals surface area contributed by atoms with Gasteiger partial charge in [0.1, 0.15) is 5.70 Å². The van der Waals surface area contributed by atoms with Crippen LogP contribution in [0.15, 0.2) is 59.2 Å². The number of thioether (sulfide) groups is 1. The molecule has 1 amide bonds. The molecule has 2 aromatic carbocycles. The lowest BCUT2D eigenvalue weighted by Gasteiger charge is -2.17. The van der Waals surface area contributed by atoms with Gasteiger partial charge in [0.05, 0.1) is 18.6 Å². The molecule has 1 aliphatic heterocycles. The molecule has 0 spiro atoms. The number of aromatic hydroxyl groups is 1. The van der Waals surface area contributed by atoms with Gasteiger partial charge in [0.15, 0.2) is 16.7 Å². The maximum atomic E-state index is 12.9. The van der Waals surface area contributed by atoms with Gasteiger partial charge in [-0.1, -0.05) is 36.0 Å². The summed E-state index contributed by atoms with van der Waals surface area (Å²) in [5, 5.41) is 18.9. The Morgan fingerprint density at radius 1 is 1.26 bits per heavy atom. The average Bonchev–Trinajstić information content (AvgIpc) is 2.97. The first kappa shape index (κ1) is 18.5. The van der Waals surface area contributed by atoms with E-state index in [1.54, 1.807) is 42.5 Å². The lowest BCUT2D eigenvalue weighted by atomic mass is 10.1. The number of phenols is 1. The van der Waals surface area contributed by atoms with Gasteiger partial charge in [0.25, 0.3) is 5.91 Å². The second-order valence-electron chi connectivity index (χ2n) is 5.51. The number of rotatable bonds is 5. The molecule has 0 radical (unpaired) electrons. The number of aliphatic imine (C=N–C) groups is 1. The van der Waals surface area contributed by atoms with Crippen molar-refractivity contribution < 1.29 is 24.5 Å². The van der Waals surface area contributed by atoms with E-state index in [1.807, 2.05) is 6.07 Å². The minimum absolute atomic E-state index is 0.00971. The van der Waals surface area contributed by atoms with Crippen LogP contribution in [0.4, 0.5) is 5.69 Å². The molecule has 0 aliphatic carbocycles. The highest BCUT2D eigenvalue weighted by Gasteiger charge is 2.32. The van der Waals surface area contributed by atoms with Crippen LogP contribution in [0.5, 0.6) is 11.5 Å². The van der Waals surface area contributed by atoms with Gasteiger partial charge in [-0.25, -0.2) is 4.99 Å². The second kappa shape index (κ2) is 7.96. The molecular formula is C19H16N2O5S. The third kappa shape index (κ3) is 4.12. The van der Waals surface area contributed by atoms with E-state index < -0.39 is 5.97 Å². The van der Waals surface area contributed by atoms with E-state index in [0.717, 1.165) is 11.8 Å². The van der Waals surface area contributed by atoms with Crippen LogP contribution in [0.1, 0.15) is 5.56 Å². The molecule has 1 heterocycles. The number of amidine groups is 1. The maximum Gasteiger partial charge on any atom is 0.313 e. The van der Waals surface area contributed by atoms with Crippen LogP contribution in [0.3, 0.4) is 0 Å². The summed E-state index contributed by atoms with van der Waals surface area (Å²) >= 11 is 0.973. The lowest BCUT2D eigenvalue weighted by molar-refractivity contribution is -0.133. The van der Waals surface area contributed by atoms with E-state index in [1.165, 1.54) is 18.1 Å². The number of benzene rings is 2. The van der Waals surface area contributed by atoms with E-state index in [9.17, 15) is 14.7 Å². The molecule has 0 aromatic heterocycles. The lowest BCUT2D eigenvalue weighted by Crippen LogP contribution is -2.30. The Morgan fingerprint density at radius 2 is 2.00 bits per heavy atom. The molecular weight excluding hydrogens is 368 g/mol. The van der Waals surface area contributed by atoms with Gasteiger partial charge >= 0.3 is 5.97 Å². The standard InChI is InChI=1S/C19H16N2O5S/c1-26-16-10-12(7-8-15(16)22)9-14-18(25)21(13-5-3-2-4-6-13)19(20-14)27-11-17(23)24/h2-10,22H,11H2,1H3,(H,23,24)/b14-9+. The van der Waals surface area contributed by atoms with Crippen molar-refractivity contribution in [3.63, 3.8) is 0 Å². The number of hydrogen-bond donors (Lipinski definition) is 2. The average molecular weight is 384 g/mol. The number of carbonyl (C=O) groups excluding carboxylic acids is 1. The van der Waals surface area contributed by atoms with Crippen LogP contribution in [-0.4, -0.2) is 40.1 Å². The van der Waals surface area contributed by atoms with Crippen molar-refractivity contribution in [1.82, 2.24) is 0 Å². The Hall–Kier alpha value is -3.26. The molecule has 27 heavy (non-hydrogen) atoms. The van der Waals surface area contributed by atoms with Crippen LogP contribution in [0.25, 0.3) is 6.08 Å². The van der Waals surface area contributed by atoms with Crippen LogP contribution in [-0.2, 0) is 9.59 Å². The fourth-order valence-electron chi connectivity index (χ4n) is 2.47. The van der Waals surface area contributed by atoms with Gasteiger partial charge in [-0.2, -0.15) is 0 Å². The van der Waals surface area contributed by atoms with Gasteiger partial charge in [0.2, 0.25) is 0 Å². The molecule has 7 nitrogen and oxygen atoms in total. The number of carbonyl (C=O) groups is 2. The van der Waals surface area contributed by atoms with Crippen molar-refractivity contribution in [1.29, 1.82) is 0 Å². The van der Waals surface area contributed by atoms with E-state index >= 15 is 0 Å². The first-order valence-corrected chi connectivity index (χ1v) is 8.89. The number of phenolic OH excluding ortho intramolecular Hbond substituents is 1. The first-order valence-electron chi connectivity index (χ1n) is 7.91.